The molecule has 0 bridgehead atoms. The Kier molecular flexibility index (Phi) is 5.86. The lowest BCUT2D eigenvalue weighted by Crippen LogP contribution is -2.29. The molecule has 1 aliphatic rings. The largest absolute Gasteiger partial charge is 0.507 e. The molecule has 2 heterocycles. The molecule has 0 saturated carbocycles. The first kappa shape index (κ1) is 21.7. The van der Waals surface area contributed by atoms with Gasteiger partial charge in [0.25, 0.3) is 17.4 Å². The van der Waals surface area contributed by atoms with Crippen LogP contribution in [0.1, 0.15) is 22.9 Å². The van der Waals surface area contributed by atoms with Crippen LogP contribution in [0, 0.1) is 10.1 Å². The molecule has 4 rings (SSSR count). The second-order valence-electron chi connectivity index (χ2n) is 7.30. The molecular weight excluding hydrogens is 426 g/mol. The van der Waals surface area contributed by atoms with Crippen molar-refractivity contribution in [3.8, 4) is 5.75 Å². The average Bonchev–Trinajstić information content (AvgIpc) is 3.09. The number of hydrogen-bond donors (Lipinski definition) is 1. The summed E-state index contributed by atoms with van der Waals surface area (Å²) in [5.41, 5.74) is 0.656. The van der Waals surface area contributed by atoms with Crippen molar-refractivity contribution in [2.75, 3.05) is 7.11 Å². The maximum absolute atomic E-state index is 13.1. The Hall–Kier alpha value is -4.53. The van der Waals surface area contributed by atoms with Gasteiger partial charge < -0.3 is 14.7 Å². The van der Waals surface area contributed by atoms with Crippen LogP contribution in [0.25, 0.3) is 5.76 Å². The fraction of sp³-hybridized carbons (Fsp3) is 0.125. The maximum Gasteiger partial charge on any atom is 0.296 e. The minimum Gasteiger partial charge on any atom is -0.507 e. The van der Waals surface area contributed by atoms with Gasteiger partial charge in [0.05, 0.1) is 29.8 Å². The molecule has 2 aromatic carbocycles. The standard InChI is InChI=1S/C24H19N3O6/c1-33-19-11-3-2-7-16(19)14-26-21(18-10-4-5-12-25-18)20(23(29)24(26)30)22(28)15-8-6-9-17(13-15)27(31)32/h2-13,21,28H,14H2,1H3/b22-20-. The summed E-state index contributed by atoms with van der Waals surface area (Å²) in [4.78, 5) is 42.3. The number of non-ortho nitro benzene ring substituents is 1. The van der Waals surface area contributed by atoms with Gasteiger partial charge in [0, 0.05) is 29.5 Å². The molecule has 33 heavy (non-hydrogen) atoms. The summed E-state index contributed by atoms with van der Waals surface area (Å²) in [7, 11) is 1.51. The topological polar surface area (TPSA) is 123 Å². The highest BCUT2D eigenvalue weighted by Crippen LogP contribution is 2.40. The summed E-state index contributed by atoms with van der Waals surface area (Å²) >= 11 is 0. The molecule has 1 aliphatic heterocycles. The zero-order valence-electron chi connectivity index (χ0n) is 17.5. The number of Topliss-reactive ketones (excluding diaryl/α,β-unsaturated/α-hetero) is 1. The van der Waals surface area contributed by atoms with Crippen molar-refractivity contribution in [2.45, 2.75) is 12.6 Å². The van der Waals surface area contributed by atoms with Gasteiger partial charge in [-0.05, 0) is 18.2 Å². The molecule has 166 valence electrons. The Bertz CT molecular complexity index is 1270. The van der Waals surface area contributed by atoms with Crippen LogP contribution in [-0.4, -0.2) is 38.7 Å². The zero-order valence-corrected chi connectivity index (χ0v) is 17.5. The molecule has 9 heteroatoms. The summed E-state index contributed by atoms with van der Waals surface area (Å²) in [6, 6.07) is 16.4. The van der Waals surface area contributed by atoms with Crippen LogP contribution in [0.3, 0.4) is 0 Å². The normalized spacial score (nSPS) is 17.2. The highest BCUT2D eigenvalue weighted by atomic mass is 16.6. The third-order valence-electron chi connectivity index (χ3n) is 5.37. The number of ether oxygens (including phenoxy) is 1. The summed E-state index contributed by atoms with van der Waals surface area (Å²) in [6.45, 7) is 0.0293. The molecule has 9 nitrogen and oxygen atoms in total. The third-order valence-corrected chi connectivity index (χ3v) is 5.37. The first-order chi connectivity index (χ1) is 15.9. The number of aliphatic hydroxyl groups excluding tert-OH is 1. The average molecular weight is 445 g/mol. The molecule has 3 aromatic rings. The minimum atomic E-state index is -0.990. The fourth-order valence-corrected chi connectivity index (χ4v) is 3.83. The fourth-order valence-electron chi connectivity index (χ4n) is 3.83. The smallest absolute Gasteiger partial charge is 0.296 e. The van der Waals surface area contributed by atoms with Crippen LogP contribution >= 0.6 is 0 Å². The molecule has 1 aromatic heterocycles. The van der Waals surface area contributed by atoms with E-state index in [2.05, 4.69) is 4.98 Å². The molecule has 0 radical (unpaired) electrons. The SMILES string of the molecule is COc1ccccc1CN1C(=O)C(=O)/C(=C(\O)c2cccc([N+](=O)[O-])c2)C1c1ccccn1. The monoisotopic (exact) mass is 445 g/mol. The van der Waals surface area contributed by atoms with Gasteiger partial charge in [0.1, 0.15) is 17.6 Å². The van der Waals surface area contributed by atoms with Gasteiger partial charge >= 0.3 is 0 Å². The number of nitro groups is 1. The van der Waals surface area contributed by atoms with E-state index in [9.17, 15) is 24.8 Å². The number of aliphatic hydroxyl groups is 1. The molecule has 1 unspecified atom stereocenters. The van der Waals surface area contributed by atoms with Crippen molar-refractivity contribution in [1.82, 2.24) is 9.88 Å². The first-order valence-electron chi connectivity index (χ1n) is 9.98. The summed E-state index contributed by atoms with van der Waals surface area (Å²) < 4.78 is 5.37. The van der Waals surface area contributed by atoms with E-state index in [-0.39, 0.29) is 23.4 Å². The molecular formula is C24H19N3O6. The van der Waals surface area contributed by atoms with E-state index in [0.29, 0.717) is 17.0 Å². The van der Waals surface area contributed by atoms with Gasteiger partial charge in [0.15, 0.2) is 0 Å². The highest BCUT2D eigenvalue weighted by Gasteiger charge is 2.47. The molecule has 1 atom stereocenters. The van der Waals surface area contributed by atoms with Gasteiger partial charge in [-0.25, -0.2) is 0 Å². The number of para-hydroxylation sites is 1. The number of rotatable bonds is 6. The lowest BCUT2D eigenvalue weighted by molar-refractivity contribution is -0.384. The van der Waals surface area contributed by atoms with Crippen molar-refractivity contribution in [2.24, 2.45) is 0 Å². The van der Waals surface area contributed by atoms with Crippen LogP contribution in [0.2, 0.25) is 0 Å². The number of carbonyl (C=O) groups is 2. The Balaban J connectivity index is 1.87. The second-order valence-corrected chi connectivity index (χ2v) is 7.30. The Morgan fingerprint density at radius 1 is 1.12 bits per heavy atom. The minimum absolute atomic E-state index is 0.0293. The lowest BCUT2D eigenvalue weighted by Gasteiger charge is -2.25. The number of likely N-dealkylation sites (tertiary alicyclic amines) is 1. The number of nitrogens with zero attached hydrogens (tertiary/aromatic N) is 3. The Morgan fingerprint density at radius 2 is 1.88 bits per heavy atom. The molecule has 1 N–H and O–H groups in total. The highest BCUT2D eigenvalue weighted by molar-refractivity contribution is 6.46. The Labute approximate surface area is 188 Å². The number of benzene rings is 2. The molecule has 1 amide bonds. The molecule has 1 fully saturated rings. The number of aromatic nitrogens is 1. The lowest BCUT2D eigenvalue weighted by atomic mass is 9.98. The predicted octanol–water partition coefficient (Wildman–Crippen LogP) is 3.62. The van der Waals surface area contributed by atoms with E-state index >= 15 is 0 Å². The van der Waals surface area contributed by atoms with E-state index in [0.717, 1.165) is 6.07 Å². The summed E-state index contributed by atoms with van der Waals surface area (Å²) in [5.74, 6) is -1.68. The molecule has 1 saturated heterocycles. The predicted molar refractivity (Wildman–Crippen MR) is 118 cm³/mol. The zero-order chi connectivity index (χ0) is 23.5. The number of carbonyl (C=O) groups excluding carboxylic acids is 2. The Morgan fingerprint density at radius 3 is 2.58 bits per heavy atom. The number of hydrogen-bond acceptors (Lipinski definition) is 7. The van der Waals surface area contributed by atoms with Crippen molar-refractivity contribution in [3.05, 3.63) is 105 Å². The number of pyridine rings is 1. The van der Waals surface area contributed by atoms with Crippen LogP contribution in [0.4, 0.5) is 5.69 Å². The van der Waals surface area contributed by atoms with Crippen LogP contribution < -0.4 is 4.74 Å². The van der Waals surface area contributed by atoms with Gasteiger partial charge in [-0.3, -0.25) is 24.7 Å². The van der Waals surface area contributed by atoms with Gasteiger partial charge in [0.2, 0.25) is 0 Å². The number of methoxy groups -OCH3 is 1. The van der Waals surface area contributed by atoms with E-state index < -0.39 is 28.4 Å². The van der Waals surface area contributed by atoms with Gasteiger partial charge in [-0.15, -0.1) is 0 Å². The van der Waals surface area contributed by atoms with E-state index in [1.807, 2.05) is 0 Å². The third kappa shape index (κ3) is 4.03. The summed E-state index contributed by atoms with van der Waals surface area (Å²) in [6.07, 6.45) is 1.52. The molecule has 0 spiro atoms. The summed E-state index contributed by atoms with van der Waals surface area (Å²) in [5, 5.41) is 22.2. The second kappa shape index (κ2) is 8.91. The number of nitro benzene ring substituents is 1. The number of amides is 1. The van der Waals surface area contributed by atoms with E-state index in [1.54, 1.807) is 42.5 Å². The van der Waals surface area contributed by atoms with Crippen molar-refractivity contribution < 1.29 is 24.4 Å². The van der Waals surface area contributed by atoms with Crippen molar-refractivity contribution in [1.29, 1.82) is 0 Å². The first-order valence-corrected chi connectivity index (χ1v) is 9.98. The van der Waals surface area contributed by atoms with Gasteiger partial charge in [-0.1, -0.05) is 36.4 Å². The van der Waals surface area contributed by atoms with Gasteiger partial charge in [-0.2, -0.15) is 0 Å². The van der Waals surface area contributed by atoms with E-state index in [1.165, 1.54) is 36.4 Å². The quantitative estimate of drug-likeness (QED) is 0.202. The van der Waals surface area contributed by atoms with Crippen LogP contribution in [0.5, 0.6) is 5.75 Å². The van der Waals surface area contributed by atoms with Crippen LogP contribution in [-0.2, 0) is 16.1 Å². The van der Waals surface area contributed by atoms with Crippen LogP contribution in [0.15, 0.2) is 78.5 Å². The van der Waals surface area contributed by atoms with Crippen molar-refractivity contribution in [3.63, 3.8) is 0 Å². The molecule has 0 aliphatic carbocycles. The number of ketones is 1. The maximum atomic E-state index is 13.1. The van der Waals surface area contributed by atoms with Crippen molar-refractivity contribution >= 4 is 23.1 Å². The van der Waals surface area contributed by atoms with E-state index in [4.69, 9.17) is 4.74 Å².